The van der Waals surface area contributed by atoms with Crippen molar-refractivity contribution in [2.75, 3.05) is 6.54 Å². The van der Waals surface area contributed by atoms with Gasteiger partial charge in [-0.1, -0.05) is 19.4 Å². The topological polar surface area (TPSA) is 27.0 Å². The first-order valence-electron chi connectivity index (χ1n) is 4.95. The van der Waals surface area contributed by atoms with Gasteiger partial charge in [0, 0.05) is 12.7 Å². The maximum atomic E-state index is 8.71. The van der Waals surface area contributed by atoms with Gasteiger partial charge < -0.3 is 4.90 Å². The third kappa shape index (κ3) is 2.81. The zero-order valence-corrected chi connectivity index (χ0v) is 9.55. The smallest absolute Gasteiger partial charge is 0.135 e. The molecule has 1 aliphatic rings. The molecular weight excluding hydrogens is 192 g/mol. The molecule has 1 unspecified atom stereocenters. The van der Waals surface area contributed by atoms with Gasteiger partial charge in [0.25, 0.3) is 0 Å². The van der Waals surface area contributed by atoms with Gasteiger partial charge in [-0.15, -0.1) is 0 Å². The minimum absolute atomic E-state index is 0.219. The Balaban J connectivity index is 2.60. The van der Waals surface area contributed by atoms with Gasteiger partial charge in [0.05, 0.1) is 0 Å². The summed E-state index contributed by atoms with van der Waals surface area (Å²) in [5.74, 6) is 0. The van der Waals surface area contributed by atoms with Crippen LogP contribution in [-0.4, -0.2) is 16.8 Å². The molecule has 2 nitrogen and oxygen atoms in total. The van der Waals surface area contributed by atoms with Crippen molar-refractivity contribution >= 4 is 11.8 Å². The zero-order chi connectivity index (χ0) is 10.4. The van der Waals surface area contributed by atoms with Crippen LogP contribution in [-0.2, 0) is 0 Å². The fourth-order valence-corrected chi connectivity index (χ4v) is 2.15. The summed E-state index contributed by atoms with van der Waals surface area (Å²) in [6.45, 7) is 5.30. The van der Waals surface area contributed by atoms with Crippen LogP contribution in [0.25, 0.3) is 0 Å². The molecule has 1 atom stereocenters. The summed E-state index contributed by atoms with van der Waals surface area (Å²) in [6.07, 6.45) is 8.59. The Morgan fingerprint density at radius 1 is 1.64 bits per heavy atom. The van der Waals surface area contributed by atoms with Crippen LogP contribution in [0, 0.1) is 10.7 Å². The van der Waals surface area contributed by atoms with Gasteiger partial charge in [-0.3, -0.25) is 0 Å². The number of hydrogen-bond donors (Lipinski definition) is 0. The summed E-state index contributed by atoms with van der Waals surface area (Å²) in [7, 11) is 0. The second kappa shape index (κ2) is 5.77. The van der Waals surface area contributed by atoms with E-state index < -0.39 is 0 Å². The minimum atomic E-state index is 0.219. The van der Waals surface area contributed by atoms with Crippen molar-refractivity contribution in [3.63, 3.8) is 0 Å². The Kier molecular flexibility index (Phi) is 4.61. The van der Waals surface area contributed by atoms with Crippen LogP contribution >= 0.6 is 11.8 Å². The van der Waals surface area contributed by atoms with Crippen molar-refractivity contribution < 1.29 is 0 Å². The van der Waals surface area contributed by atoms with Crippen LogP contribution in [0.2, 0.25) is 0 Å². The van der Waals surface area contributed by atoms with E-state index in [0.29, 0.717) is 0 Å². The fraction of sp³-hybridized carbons (Fsp3) is 0.545. The van der Waals surface area contributed by atoms with E-state index in [1.54, 1.807) is 0 Å². The molecule has 1 aliphatic heterocycles. The highest BCUT2D eigenvalue weighted by atomic mass is 32.2. The lowest BCUT2D eigenvalue weighted by Crippen LogP contribution is -2.31. The predicted octanol–water partition coefficient (Wildman–Crippen LogP) is 3.10. The number of allylic oxidation sites excluding steroid dienone is 2. The third-order valence-electron chi connectivity index (χ3n) is 2.26. The lowest BCUT2D eigenvalue weighted by Gasteiger charge is -2.31. The maximum Gasteiger partial charge on any atom is 0.135 e. The van der Waals surface area contributed by atoms with Crippen molar-refractivity contribution in [1.82, 2.24) is 4.90 Å². The van der Waals surface area contributed by atoms with Crippen LogP contribution in [0.5, 0.6) is 0 Å². The van der Waals surface area contributed by atoms with Crippen molar-refractivity contribution in [1.29, 1.82) is 5.26 Å². The average Bonchev–Trinajstić information content (AvgIpc) is 2.19. The van der Waals surface area contributed by atoms with E-state index in [9.17, 15) is 0 Å². The molecule has 0 fully saturated rings. The van der Waals surface area contributed by atoms with Gasteiger partial charge in [0.1, 0.15) is 10.8 Å². The number of nitrogens with zero attached hydrogens (tertiary/aromatic N) is 2. The third-order valence-corrected chi connectivity index (χ3v) is 3.23. The normalized spacial score (nSPS) is 20.5. The quantitative estimate of drug-likeness (QED) is 0.664. The van der Waals surface area contributed by atoms with Gasteiger partial charge >= 0.3 is 0 Å². The Morgan fingerprint density at radius 2 is 2.43 bits per heavy atom. The van der Waals surface area contributed by atoms with Crippen molar-refractivity contribution in [3.8, 4) is 5.40 Å². The zero-order valence-electron chi connectivity index (χ0n) is 8.73. The van der Waals surface area contributed by atoms with Crippen LogP contribution in [0.4, 0.5) is 0 Å². The van der Waals surface area contributed by atoms with Gasteiger partial charge in [-0.2, -0.15) is 5.26 Å². The molecule has 1 heterocycles. The molecule has 0 radical (unpaired) electrons. The van der Waals surface area contributed by atoms with Gasteiger partial charge in [-0.05, 0) is 36.8 Å². The van der Waals surface area contributed by atoms with E-state index in [2.05, 4.69) is 42.5 Å². The molecule has 76 valence electrons. The van der Waals surface area contributed by atoms with Crippen molar-refractivity contribution in [2.24, 2.45) is 0 Å². The summed E-state index contributed by atoms with van der Waals surface area (Å²) < 4.78 is 0. The Labute approximate surface area is 90.3 Å². The van der Waals surface area contributed by atoms with Crippen LogP contribution in [0.3, 0.4) is 0 Å². The summed E-state index contributed by atoms with van der Waals surface area (Å²) >= 11 is 1.33. The maximum absolute atomic E-state index is 8.71. The highest BCUT2D eigenvalue weighted by molar-refractivity contribution is 8.04. The minimum Gasteiger partial charge on any atom is -0.361 e. The van der Waals surface area contributed by atoms with Crippen LogP contribution < -0.4 is 0 Å². The monoisotopic (exact) mass is 208 g/mol. The molecule has 14 heavy (non-hydrogen) atoms. The van der Waals surface area contributed by atoms with E-state index >= 15 is 0 Å². The molecule has 0 amide bonds. The average molecular weight is 208 g/mol. The predicted molar refractivity (Wildman–Crippen MR) is 61.5 cm³/mol. The second-order valence-electron chi connectivity index (χ2n) is 3.41. The van der Waals surface area contributed by atoms with Crippen LogP contribution in [0.15, 0.2) is 23.9 Å². The lowest BCUT2D eigenvalue weighted by atomic mass is 10.2. The largest absolute Gasteiger partial charge is 0.361 e. The molecule has 0 aromatic carbocycles. The first-order valence-corrected chi connectivity index (χ1v) is 5.83. The number of unbranched alkanes of at least 4 members (excludes halogenated alkanes) is 1. The second-order valence-corrected chi connectivity index (χ2v) is 4.27. The summed E-state index contributed by atoms with van der Waals surface area (Å²) in [5, 5.41) is 11.1. The van der Waals surface area contributed by atoms with Gasteiger partial charge in [0.15, 0.2) is 0 Å². The molecule has 0 aromatic rings. The molecule has 0 bridgehead atoms. The lowest BCUT2D eigenvalue weighted by molar-refractivity contribution is 0.368. The SMILES string of the molecule is CCCCN1C=CC=C(C)C1SC#N. The van der Waals surface area contributed by atoms with Crippen molar-refractivity contribution in [3.05, 3.63) is 23.9 Å². The summed E-state index contributed by atoms with van der Waals surface area (Å²) in [5.41, 5.74) is 1.26. The number of thioether (sulfide) groups is 1. The van der Waals surface area contributed by atoms with E-state index in [1.165, 1.54) is 30.2 Å². The number of rotatable bonds is 4. The van der Waals surface area contributed by atoms with E-state index in [4.69, 9.17) is 5.26 Å². The molecule has 3 heteroatoms. The van der Waals surface area contributed by atoms with Gasteiger partial charge in [0.2, 0.25) is 0 Å². The van der Waals surface area contributed by atoms with E-state index in [1.807, 2.05) is 0 Å². The molecule has 0 saturated carbocycles. The molecule has 0 N–H and O–H groups in total. The number of thiocyanates is 1. The number of hydrogen-bond acceptors (Lipinski definition) is 3. The highest BCUT2D eigenvalue weighted by Gasteiger charge is 2.19. The van der Waals surface area contributed by atoms with Gasteiger partial charge in [-0.25, -0.2) is 0 Å². The van der Waals surface area contributed by atoms with E-state index in [0.717, 1.165) is 6.54 Å². The van der Waals surface area contributed by atoms with Crippen LogP contribution in [0.1, 0.15) is 26.7 Å². The summed E-state index contributed by atoms with van der Waals surface area (Å²) in [6, 6.07) is 0. The number of nitriles is 1. The molecular formula is C11H16N2S. The Morgan fingerprint density at radius 3 is 3.07 bits per heavy atom. The highest BCUT2D eigenvalue weighted by Crippen LogP contribution is 2.25. The fourth-order valence-electron chi connectivity index (χ4n) is 1.47. The standard InChI is InChI=1S/C11H16N2S/c1-3-4-7-13-8-5-6-10(2)11(13)14-9-12/h5-6,8,11H,3-4,7H2,1-2H3. The molecule has 0 spiro atoms. The Hall–Kier alpha value is -0.880. The summed E-state index contributed by atoms with van der Waals surface area (Å²) in [4.78, 5) is 2.24. The first-order chi connectivity index (χ1) is 6.79. The van der Waals surface area contributed by atoms with E-state index in [-0.39, 0.29) is 5.37 Å². The first kappa shape index (κ1) is 11.2. The van der Waals surface area contributed by atoms with Crippen molar-refractivity contribution in [2.45, 2.75) is 32.1 Å². The molecule has 0 aliphatic carbocycles. The Bertz CT molecular complexity index is 276. The molecule has 1 rings (SSSR count). The molecule has 0 saturated heterocycles. The molecule has 0 aromatic heterocycles.